The fourth-order valence-electron chi connectivity index (χ4n) is 7.27. The van der Waals surface area contributed by atoms with Crippen molar-refractivity contribution >= 4 is 11.8 Å². The number of piperidine rings is 1. The number of alkyl halides is 6. The molecule has 0 spiro atoms. The number of hydrogen-bond acceptors (Lipinski definition) is 5. The van der Waals surface area contributed by atoms with E-state index in [0.29, 0.717) is 50.7 Å². The monoisotopic (exact) mass is 652 g/mol. The quantitative estimate of drug-likeness (QED) is 0.420. The van der Waals surface area contributed by atoms with Gasteiger partial charge in [-0.1, -0.05) is 30.3 Å². The molecule has 0 aromatic heterocycles. The van der Waals surface area contributed by atoms with Crippen molar-refractivity contribution in [3.05, 3.63) is 70.8 Å². The fourth-order valence-corrected chi connectivity index (χ4v) is 7.27. The Kier molecular flexibility index (Phi) is 9.37. The van der Waals surface area contributed by atoms with Crippen LogP contribution in [0.15, 0.2) is 48.5 Å². The number of carbonyl (C=O) groups excluding carboxylic acids is 2. The molecule has 4 heterocycles. The van der Waals surface area contributed by atoms with Gasteiger partial charge in [-0.25, -0.2) is 0 Å². The molecule has 250 valence electrons. The highest BCUT2D eigenvalue weighted by Crippen LogP contribution is 2.37. The Hall–Kier alpha value is -3.16. The smallest absolute Gasteiger partial charge is 0.381 e. The number of hydrogen-bond donors (Lipinski definition) is 0. The molecule has 2 aromatic rings. The first-order chi connectivity index (χ1) is 21.9. The van der Waals surface area contributed by atoms with Gasteiger partial charge in [-0.15, -0.1) is 0 Å². The van der Waals surface area contributed by atoms with Gasteiger partial charge in [-0.2, -0.15) is 26.3 Å². The van der Waals surface area contributed by atoms with Crippen LogP contribution in [0.3, 0.4) is 0 Å². The van der Waals surface area contributed by atoms with Crippen LogP contribution in [0.2, 0.25) is 0 Å². The second kappa shape index (κ2) is 13.2. The molecule has 46 heavy (non-hydrogen) atoms. The van der Waals surface area contributed by atoms with E-state index in [9.17, 15) is 35.9 Å². The lowest BCUT2D eigenvalue weighted by molar-refractivity contribution is -0.144. The highest BCUT2D eigenvalue weighted by Gasteiger charge is 2.42. The zero-order chi connectivity index (χ0) is 32.6. The van der Waals surface area contributed by atoms with Crippen LogP contribution in [0.5, 0.6) is 0 Å². The summed E-state index contributed by atoms with van der Waals surface area (Å²) < 4.78 is 86.7. The molecule has 7 nitrogen and oxygen atoms in total. The third kappa shape index (κ3) is 7.21. The number of rotatable bonds is 6. The van der Waals surface area contributed by atoms with E-state index in [4.69, 9.17) is 4.74 Å². The van der Waals surface area contributed by atoms with Gasteiger partial charge in [0.15, 0.2) is 0 Å². The Bertz CT molecular complexity index is 1350. The van der Waals surface area contributed by atoms with E-state index in [-0.39, 0.29) is 30.5 Å². The molecule has 0 saturated carbocycles. The largest absolute Gasteiger partial charge is 0.416 e. The van der Waals surface area contributed by atoms with Crippen molar-refractivity contribution in [2.45, 2.75) is 56.2 Å². The lowest BCUT2D eigenvalue weighted by Gasteiger charge is -2.51. The van der Waals surface area contributed by atoms with Crippen molar-refractivity contribution in [1.29, 1.82) is 0 Å². The Morgan fingerprint density at radius 3 is 1.96 bits per heavy atom. The van der Waals surface area contributed by atoms with Gasteiger partial charge < -0.3 is 14.5 Å². The van der Waals surface area contributed by atoms with Gasteiger partial charge in [0.1, 0.15) is 0 Å². The molecule has 4 fully saturated rings. The maximum atomic E-state index is 13.7. The minimum atomic E-state index is -5.03. The second-order valence-electron chi connectivity index (χ2n) is 12.8. The number of nitrogens with zero attached hydrogens (tertiary/aromatic N) is 4. The van der Waals surface area contributed by atoms with Crippen molar-refractivity contribution < 1.29 is 40.7 Å². The van der Waals surface area contributed by atoms with Gasteiger partial charge in [-0.05, 0) is 49.4 Å². The van der Waals surface area contributed by atoms with Gasteiger partial charge in [-0.3, -0.25) is 19.4 Å². The maximum absolute atomic E-state index is 13.7. The van der Waals surface area contributed by atoms with E-state index in [1.807, 2.05) is 35.2 Å². The molecule has 13 heteroatoms. The summed E-state index contributed by atoms with van der Waals surface area (Å²) in [6, 6.07) is 10.5. The average Bonchev–Trinajstić information content (AvgIpc) is 3.55. The molecule has 0 bridgehead atoms. The Labute approximate surface area is 264 Å². The number of amides is 2. The minimum Gasteiger partial charge on any atom is -0.381 e. The highest BCUT2D eigenvalue weighted by molar-refractivity contribution is 5.95. The summed E-state index contributed by atoms with van der Waals surface area (Å²) in [5.41, 5.74) is -2.67. The summed E-state index contributed by atoms with van der Waals surface area (Å²) in [5.74, 6) is -0.674. The molecule has 4 aliphatic rings. The van der Waals surface area contributed by atoms with Gasteiger partial charge in [0.2, 0.25) is 5.91 Å². The lowest BCUT2D eigenvalue weighted by atomic mass is 9.90. The third-order valence-electron chi connectivity index (χ3n) is 9.93. The standard InChI is InChI=1S/C33H38F6N4O3/c34-32(35,36)25-15-24(16-26(17-25)33(37,38)39)31(45)43-8-6-27(18-28(43)14-22-4-2-1-3-5-22)40-9-11-41(12-10-40)29-19-42(20-29)30(44)23-7-13-46-21-23/h1-5,15-17,23,27-29H,6-14,18-21H2/t23-,27?,28-/m1/s1. The lowest BCUT2D eigenvalue weighted by Crippen LogP contribution is -2.65. The van der Waals surface area contributed by atoms with Crippen molar-refractivity contribution in [3.8, 4) is 0 Å². The Morgan fingerprint density at radius 2 is 1.39 bits per heavy atom. The molecular formula is C33H38F6N4O3. The van der Waals surface area contributed by atoms with Crippen molar-refractivity contribution in [3.63, 3.8) is 0 Å². The van der Waals surface area contributed by atoms with Gasteiger partial charge in [0, 0.05) is 76.1 Å². The summed E-state index contributed by atoms with van der Waals surface area (Å²) >= 11 is 0. The van der Waals surface area contributed by atoms with E-state index >= 15 is 0 Å². The number of piperazine rings is 1. The molecule has 0 N–H and O–H groups in total. The molecule has 6 rings (SSSR count). The zero-order valence-electron chi connectivity index (χ0n) is 25.4. The van der Waals surface area contributed by atoms with Gasteiger partial charge in [0.05, 0.1) is 23.7 Å². The second-order valence-corrected chi connectivity index (χ2v) is 12.8. The summed E-state index contributed by atoms with van der Waals surface area (Å²) in [5, 5.41) is 0. The van der Waals surface area contributed by atoms with Crippen LogP contribution in [-0.2, 0) is 28.3 Å². The normalized spacial score (nSPS) is 25.5. The van der Waals surface area contributed by atoms with Gasteiger partial charge in [0.25, 0.3) is 5.91 Å². The van der Waals surface area contributed by atoms with Crippen LogP contribution in [0.1, 0.15) is 46.3 Å². The number of carbonyl (C=O) groups is 2. The number of ether oxygens (including phenoxy) is 1. The number of halogens is 6. The summed E-state index contributed by atoms with van der Waals surface area (Å²) in [7, 11) is 0. The minimum absolute atomic E-state index is 0.0281. The predicted molar refractivity (Wildman–Crippen MR) is 157 cm³/mol. The van der Waals surface area contributed by atoms with Crippen LogP contribution in [0, 0.1) is 5.92 Å². The topological polar surface area (TPSA) is 56.3 Å². The summed E-state index contributed by atoms with van der Waals surface area (Å²) in [4.78, 5) is 34.5. The van der Waals surface area contributed by atoms with Crippen molar-refractivity contribution in [2.24, 2.45) is 5.92 Å². The maximum Gasteiger partial charge on any atom is 0.416 e. The first kappa shape index (κ1) is 32.8. The van der Waals surface area contributed by atoms with Gasteiger partial charge >= 0.3 is 12.4 Å². The number of benzene rings is 2. The third-order valence-corrected chi connectivity index (χ3v) is 9.93. The molecule has 2 aromatic carbocycles. The molecule has 4 saturated heterocycles. The molecule has 4 aliphatic heterocycles. The predicted octanol–water partition coefficient (Wildman–Crippen LogP) is 4.81. The van der Waals surface area contributed by atoms with Crippen LogP contribution in [0.4, 0.5) is 26.3 Å². The van der Waals surface area contributed by atoms with E-state index in [0.717, 1.165) is 51.3 Å². The first-order valence-electron chi connectivity index (χ1n) is 15.9. The summed E-state index contributed by atoms with van der Waals surface area (Å²) in [6.07, 6.45) is -7.73. The van der Waals surface area contributed by atoms with E-state index < -0.39 is 41.0 Å². The molecular weight excluding hydrogens is 614 g/mol. The summed E-state index contributed by atoms with van der Waals surface area (Å²) in [6.45, 7) is 6.10. The van der Waals surface area contributed by atoms with Crippen LogP contribution >= 0.6 is 0 Å². The molecule has 0 radical (unpaired) electrons. The van der Waals surface area contributed by atoms with E-state index in [1.165, 1.54) is 4.90 Å². The Balaban J connectivity index is 1.12. The van der Waals surface area contributed by atoms with Crippen LogP contribution in [0.25, 0.3) is 0 Å². The highest BCUT2D eigenvalue weighted by atomic mass is 19.4. The van der Waals surface area contributed by atoms with E-state index in [2.05, 4.69) is 9.80 Å². The van der Waals surface area contributed by atoms with Crippen molar-refractivity contribution in [1.82, 2.24) is 19.6 Å². The first-order valence-corrected chi connectivity index (χ1v) is 15.9. The van der Waals surface area contributed by atoms with Crippen LogP contribution in [-0.4, -0.2) is 109 Å². The van der Waals surface area contributed by atoms with Crippen LogP contribution < -0.4 is 0 Å². The fraction of sp³-hybridized carbons (Fsp3) is 0.576. The number of likely N-dealkylation sites (tertiary alicyclic amines) is 2. The zero-order valence-corrected chi connectivity index (χ0v) is 25.4. The van der Waals surface area contributed by atoms with Crippen molar-refractivity contribution in [2.75, 3.05) is 59.0 Å². The Morgan fingerprint density at radius 1 is 0.783 bits per heavy atom. The van der Waals surface area contributed by atoms with E-state index in [1.54, 1.807) is 0 Å². The molecule has 2 amide bonds. The molecule has 1 unspecified atom stereocenters. The molecule has 3 atom stereocenters. The average molecular weight is 653 g/mol. The SMILES string of the molecule is O=C([C@@H]1CCOC1)N1CC(N2CCN(C3CCN(C(=O)c4cc(C(F)(F)F)cc(C(F)(F)F)c4)[C@H](Cc4ccccc4)C3)CC2)C1. The molecule has 0 aliphatic carbocycles.